The van der Waals surface area contributed by atoms with E-state index < -0.39 is 26.6 Å². The third-order valence-corrected chi connectivity index (χ3v) is 7.86. The van der Waals surface area contributed by atoms with Gasteiger partial charge in [-0.1, -0.05) is 12.1 Å². The molecule has 0 atom stereocenters. The standard InChI is InChI=1S/C26H25F2N5O4S/c1-15-25-23(31-30-15)14-22(29-26(25)37-20-9-11-33(12-10-20)16(2)34)17-3-6-19(7-4-17)32-38(35,36)24-13-18(27)5-8-21(24)28/h3-8,13-14,20,32H,9-12H2,1-2H3,(H,30,31). The topological polar surface area (TPSA) is 117 Å². The summed E-state index contributed by atoms with van der Waals surface area (Å²) in [6, 6.07) is 10.4. The molecule has 0 bridgehead atoms. The number of anilines is 1. The Hall–Kier alpha value is -4.06. The fourth-order valence-electron chi connectivity index (χ4n) is 4.43. The minimum absolute atomic E-state index is 0.0449. The molecule has 1 aliphatic heterocycles. The number of hydrogen-bond acceptors (Lipinski definition) is 6. The zero-order valence-corrected chi connectivity index (χ0v) is 21.5. The average Bonchev–Trinajstić information content (AvgIpc) is 3.26. The Bertz CT molecular complexity index is 1610. The first-order valence-electron chi connectivity index (χ1n) is 12.0. The summed E-state index contributed by atoms with van der Waals surface area (Å²) < 4.78 is 61.2. The summed E-state index contributed by atoms with van der Waals surface area (Å²) in [6.07, 6.45) is 1.26. The van der Waals surface area contributed by atoms with Gasteiger partial charge in [0, 0.05) is 49.8 Å². The third-order valence-electron chi connectivity index (χ3n) is 6.47. The van der Waals surface area contributed by atoms with Crippen molar-refractivity contribution in [1.82, 2.24) is 20.1 Å². The molecule has 1 amide bonds. The Morgan fingerprint density at radius 2 is 1.82 bits per heavy atom. The number of likely N-dealkylation sites (tertiary alicyclic amines) is 1. The maximum Gasteiger partial charge on any atom is 0.264 e. The van der Waals surface area contributed by atoms with Crippen molar-refractivity contribution < 1.29 is 26.7 Å². The van der Waals surface area contributed by atoms with E-state index in [1.165, 1.54) is 12.1 Å². The highest BCUT2D eigenvalue weighted by molar-refractivity contribution is 7.92. The van der Waals surface area contributed by atoms with E-state index >= 15 is 0 Å². The lowest BCUT2D eigenvalue weighted by atomic mass is 10.1. The number of pyridine rings is 1. The van der Waals surface area contributed by atoms with Crippen molar-refractivity contribution in [3.8, 4) is 17.1 Å². The number of halogens is 2. The summed E-state index contributed by atoms with van der Waals surface area (Å²) in [4.78, 5) is 17.4. The van der Waals surface area contributed by atoms with E-state index in [-0.39, 0.29) is 17.7 Å². The minimum atomic E-state index is -4.34. The second kappa shape index (κ2) is 10.0. The molecule has 5 rings (SSSR count). The minimum Gasteiger partial charge on any atom is -0.474 e. The van der Waals surface area contributed by atoms with Gasteiger partial charge in [-0.05, 0) is 43.3 Å². The number of sulfonamides is 1. The molecule has 1 saturated heterocycles. The lowest BCUT2D eigenvalue weighted by molar-refractivity contribution is -0.130. The van der Waals surface area contributed by atoms with Crippen LogP contribution in [-0.4, -0.2) is 53.6 Å². The van der Waals surface area contributed by atoms with E-state index in [0.29, 0.717) is 54.7 Å². The zero-order valence-electron chi connectivity index (χ0n) is 20.7. The number of nitrogens with one attached hydrogen (secondary N) is 2. The Morgan fingerprint density at radius 3 is 2.50 bits per heavy atom. The molecule has 0 radical (unpaired) electrons. The summed E-state index contributed by atoms with van der Waals surface area (Å²) in [5.74, 6) is -1.44. The molecule has 2 aromatic heterocycles. The number of ether oxygens (including phenoxy) is 1. The highest BCUT2D eigenvalue weighted by Gasteiger charge is 2.25. The largest absolute Gasteiger partial charge is 0.474 e. The monoisotopic (exact) mass is 541 g/mol. The molecular formula is C26H25F2N5O4S. The van der Waals surface area contributed by atoms with E-state index in [0.717, 1.165) is 23.2 Å². The number of aryl methyl sites for hydroxylation is 1. The number of amides is 1. The fraction of sp³-hybridized carbons (Fsp3) is 0.269. The first kappa shape index (κ1) is 25.6. The zero-order chi connectivity index (χ0) is 27.0. The van der Waals surface area contributed by atoms with Crippen LogP contribution in [0.2, 0.25) is 0 Å². The van der Waals surface area contributed by atoms with Gasteiger partial charge in [-0.15, -0.1) is 0 Å². The van der Waals surface area contributed by atoms with E-state index in [2.05, 4.69) is 14.9 Å². The molecule has 2 N–H and O–H groups in total. The molecule has 12 heteroatoms. The smallest absolute Gasteiger partial charge is 0.264 e. The van der Waals surface area contributed by atoms with Gasteiger partial charge in [-0.3, -0.25) is 14.6 Å². The highest BCUT2D eigenvalue weighted by atomic mass is 32.2. The number of rotatable bonds is 6. The van der Waals surface area contributed by atoms with Crippen LogP contribution in [0.25, 0.3) is 22.2 Å². The average molecular weight is 542 g/mol. The maximum absolute atomic E-state index is 14.0. The summed E-state index contributed by atoms with van der Waals surface area (Å²) in [7, 11) is -4.34. The second-order valence-electron chi connectivity index (χ2n) is 9.14. The molecular weight excluding hydrogens is 516 g/mol. The lowest BCUT2D eigenvalue weighted by Gasteiger charge is -2.31. The van der Waals surface area contributed by atoms with Gasteiger partial charge < -0.3 is 9.64 Å². The molecule has 38 heavy (non-hydrogen) atoms. The predicted octanol–water partition coefficient (Wildman–Crippen LogP) is 4.40. The highest BCUT2D eigenvalue weighted by Crippen LogP contribution is 2.32. The van der Waals surface area contributed by atoms with Gasteiger partial charge in [0.2, 0.25) is 11.8 Å². The van der Waals surface area contributed by atoms with Crippen molar-refractivity contribution in [3.63, 3.8) is 0 Å². The number of hydrogen-bond donors (Lipinski definition) is 2. The van der Waals surface area contributed by atoms with Crippen molar-refractivity contribution in [1.29, 1.82) is 0 Å². The van der Waals surface area contributed by atoms with Crippen LogP contribution in [-0.2, 0) is 14.8 Å². The van der Waals surface area contributed by atoms with Crippen LogP contribution in [0.5, 0.6) is 5.88 Å². The third kappa shape index (κ3) is 5.17. The quantitative estimate of drug-likeness (QED) is 0.374. The number of carbonyl (C=O) groups is 1. The summed E-state index contributed by atoms with van der Waals surface area (Å²) in [5, 5.41) is 8.08. The number of piperidine rings is 1. The fourth-order valence-corrected chi connectivity index (χ4v) is 5.58. The van der Waals surface area contributed by atoms with Crippen LogP contribution in [0.3, 0.4) is 0 Å². The Morgan fingerprint density at radius 1 is 1.11 bits per heavy atom. The lowest BCUT2D eigenvalue weighted by Crippen LogP contribution is -2.40. The van der Waals surface area contributed by atoms with E-state index in [1.807, 2.05) is 6.92 Å². The summed E-state index contributed by atoms with van der Waals surface area (Å²) in [5.41, 5.74) is 2.87. The number of H-pyrrole nitrogens is 1. The number of aromatic amines is 1. The normalized spacial score (nSPS) is 14.6. The number of carbonyl (C=O) groups excluding carboxylic acids is 1. The van der Waals surface area contributed by atoms with Crippen LogP contribution >= 0.6 is 0 Å². The summed E-state index contributed by atoms with van der Waals surface area (Å²) >= 11 is 0. The van der Waals surface area contributed by atoms with Gasteiger partial charge in [-0.2, -0.15) is 5.10 Å². The van der Waals surface area contributed by atoms with Crippen LogP contribution in [0.1, 0.15) is 25.5 Å². The molecule has 0 spiro atoms. The molecule has 0 unspecified atom stereocenters. The Balaban J connectivity index is 1.39. The predicted molar refractivity (Wildman–Crippen MR) is 137 cm³/mol. The van der Waals surface area contributed by atoms with Gasteiger partial charge in [0.25, 0.3) is 10.0 Å². The molecule has 1 fully saturated rings. The van der Waals surface area contributed by atoms with Gasteiger partial charge in [-0.25, -0.2) is 22.2 Å². The Kier molecular flexibility index (Phi) is 6.74. The maximum atomic E-state index is 14.0. The first-order chi connectivity index (χ1) is 18.1. The van der Waals surface area contributed by atoms with Crippen molar-refractivity contribution in [2.75, 3.05) is 17.8 Å². The molecule has 0 saturated carbocycles. The first-order valence-corrected chi connectivity index (χ1v) is 13.5. The van der Waals surface area contributed by atoms with Crippen molar-refractivity contribution in [2.24, 2.45) is 0 Å². The number of aromatic nitrogens is 3. The second-order valence-corrected chi connectivity index (χ2v) is 10.8. The molecule has 4 aromatic rings. The van der Waals surface area contributed by atoms with E-state index in [9.17, 15) is 22.0 Å². The molecule has 2 aromatic carbocycles. The number of nitrogens with zero attached hydrogens (tertiary/aromatic N) is 3. The molecule has 0 aliphatic carbocycles. The molecule has 9 nitrogen and oxygen atoms in total. The van der Waals surface area contributed by atoms with Gasteiger partial charge in [0.15, 0.2) is 0 Å². The van der Waals surface area contributed by atoms with Gasteiger partial charge >= 0.3 is 0 Å². The molecule has 3 heterocycles. The SMILES string of the molecule is CC(=O)N1CCC(Oc2nc(-c3ccc(NS(=O)(=O)c4cc(F)ccc4F)cc3)cc3n[nH]c(C)c23)CC1. The Labute approximate surface area is 217 Å². The van der Waals surface area contributed by atoms with Crippen LogP contribution in [0.4, 0.5) is 14.5 Å². The van der Waals surface area contributed by atoms with E-state index in [4.69, 9.17) is 9.72 Å². The van der Waals surface area contributed by atoms with Crippen LogP contribution in [0, 0.1) is 18.6 Å². The summed E-state index contributed by atoms with van der Waals surface area (Å²) in [6.45, 7) is 4.67. The van der Waals surface area contributed by atoms with Gasteiger partial charge in [0.05, 0.1) is 16.6 Å². The van der Waals surface area contributed by atoms with Crippen LogP contribution in [0.15, 0.2) is 53.4 Å². The molecule has 1 aliphatic rings. The van der Waals surface area contributed by atoms with E-state index in [1.54, 1.807) is 30.0 Å². The number of benzene rings is 2. The van der Waals surface area contributed by atoms with Crippen molar-refractivity contribution in [2.45, 2.75) is 37.7 Å². The number of fused-ring (bicyclic) bond motifs is 1. The van der Waals surface area contributed by atoms with Gasteiger partial charge in [0.1, 0.15) is 22.6 Å². The van der Waals surface area contributed by atoms with Crippen molar-refractivity contribution in [3.05, 3.63) is 65.9 Å². The molecule has 198 valence electrons. The van der Waals surface area contributed by atoms with Crippen molar-refractivity contribution >= 4 is 32.5 Å². The van der Waals surface area contributed by atoms with Crippen LogP contribution < -0.4 is 9.46 Å².